The number of nitrogens with zero attached hydrogens (tertiary/aromatic N) is 1. The molecule has 0 atom stereocenters. The molecular weight excluding hydrogens is 324 g/mol. The maximum Gasteiger partial charge on any atom is 0.202 e. The first kappa shape index (κ1) is 16.9. The van der Waals surface area contributed by atoms with Gasteiger partial charge in [0.2, 0.25) is 5.78 Å². The molecular formula is C20H17F2NO2. The molecule has 0 amide bonds. The number of ketones is 1. The Kier molecular flexibility index (Phi) is 4.65. The first-order valence-electron chi connectivity index (χ1n) is 7.83. The molecule has 0 spiro atoms. The zero-order chi connectivity index (χ0) is 18.0. The van der Waals surface area contributed by atoms with Gasteiger partial charge in [0, 0.05) is 28.7 Å². The molecule has 3 rings (SSSR count). The third-order valence-electron chi connectivity index (χ3n) is 4.01. The monoisotopic (exact) mass is 341 g/mol. The lowest BCUT2D eigenvalue weighted by Crippen LogP contribution is -2.13. The van der Waals surface area contributed by atoms with E-state index in [-0.39, 0.29) is 18.1 Å². The summed E-state index contributed by atoms with van der Waals surface area (Å²) in [5, 5.41) is 0. The van der Waals surface area contributed by atoms with Gasteiger partial charge in [0.1, 0.15) is 5.75 Å². The molecule has 128 valence electrons. The fourth-order valence-electron chi connectivity index (χ4n) is 2.81. The van der Waals surface area contributed by atoms with Crippen LogP contribution >= 0.6 is 0 Å². The van der Waals surface area contributed by atoms with Crippen molar-refractivity contribution in [1.82, 2.24) is 4.57 Å². The Bertz CT molecular complexity index is 917. The quantitative estimate of drug-likeness (QED) is 0.633. The molecule has 5 heteroatoms. The Hall–Kier alpha value is -2.95. The van der Waals surface area contributed by atoms with Crippen LogP contribution in [-0.2, 0) is 0 Å². The number of carbonyl (C=O) groups excluding carboxylic acids is 1. The van der Waals surface area contributed by atoms with Gasteiger partial charge in [-0.25, -0.2) is 8.78 Å². The van der Waals surface area contributed by atoms with Crippen LogP contribution in [0.2, 0.25) is 0 Å². The van der Waals surface area contributed by atoms with Crippen molar-refractivity contribution in [2.75, 3.05) is 6.61 Å². The van der Waals surface area contributed by atoms with Crippen LogP contribution in [0.4, 0.5) is 8.78 Å². The van der Waals surface area contributed by atoms with Gasteiger partial charge in [0.05, 0.1) is 0 Å². The van der Waals surface area contributed by atoms with Crippen LogP contribution in [0.15, 0.2) is 54.6 Å². The van der Waals surface area contributed by atoms with Gasteiger partial charge >= 0.3 is 0 Å². The molecule has 0 unspecified atom stereocenters. The van der Waals surface area contributed by atoms with E-state index in [0.29, 0.717) is 5.56 Å². The van der Waals surface area contributed by atoms with Crippen molar-refractivity contribution in [2.24, 2.45) is 0 Å². The number of Topliss-reactive ketones (excluding diaryl/α,β-unsaturated/α-hetero) is 1. The van der Waals surface area contributed by atoms with Crippen LogP contribution in [0.3, 0.4) is 0 Å². The summed E-state index contributed by atoms with van der Waals surface area (Å²) in [5.74, 6) is -2.07. The normalized spacial score (nSPS) is 10.7. The number of rotatable bonds is 5. The van der Waals surface area contributed by atoms with Crippen LogP contribution in [0.5, 0.6) is 5.75 Å². The topological polar surface area (TPSA) is 31.2 Å². The van der Waals surface area contributed by atoms with E-state index in [4.69, 9.17) is 4.74 Å². The highest BCUT2D eigenvalue weighted by Crippen LogP contribution is 2.22. The van der Waals surface area contributed by atoms with E-state index in [1.54, 1.807) is 6.07 Å². The number of aromatic nitrogens is 1. The van der Waals surface area contributed by atoms with Crippen LogP contribution in [0.25, 0.3) is 5.69 Å². The molecule has 0 saturated carbocycles. The van der Waals surface area contributed by atoms with Gasteiger partial charge in [-0.2, -0.15) is 0 Å². The van der Waals surface area contributed by atoms with Crippen molar-refractivity contribution in [1.29, 1.82) is 0 Å². The van der Waals surface area contributed by atoms with Crippen LogP contribution < -0.4 is 4.74 Å². The van der Waals surface area contributed by atoms with Gasteiger partial charge in [0.15, 0.2) is 18.2 Å². The van der Waals surface area contributed by atoms with E-state index in [2.05, 4.69) is 0 Å². The van der Waals surface area contributed by atoms with Crippen LogP contribution in [-0.4, -0.2) is 17.0 Å². The lowest BCUT2D eigenvalue weighted by Gasteiger charge is -2.10. The molecule has 1 aromatic heterocycles. The lowest BCUT2D eigenvalue weighted by atomic mass is 10.1. The summed E-state index contributed by atoms with van der Waals surface area (Å²) in [6.07, 6.45) is 0. The number of hydrogen-bond acceptors (Lipinski definition) is 2. The summed E-state index contributed by atoms with van der Waals surface area (Å²) >= 11 is 0. The van der Waals surface area contributed by atoms with Gasteiger partial charge < -0.3 is 9.30 Å². The number of hydrogen-bond donors (Lipinski definition) is 0. The van der Waals surface area contributed by atoms with Gasteiger partial charge in [-0.1, -0.05) is 18.2 Å². The van der Waals surface area contributed by atoms with E-state index in [9.17, 15) is 13.6 Å². The molecule has 1 heterocycles. The molecule has 3 aromatic rings. The van der Waals surface area contributed by atoms with Crippen molar-refractivity contribution in [3.05, 3.63) is 83.2 Å². The Balaban J connectivity index is 1.80. The molecule has 0 aliphatic heterocycles. The molecule has 0 fully saturated rings. The van der Waals surface area contributed by atoms with Crippen molar-refractivity contribution in [2.45, 2.75) is 13.8 Å². The third-order valence-corrected chi connectivity index (χ3v) is 4.01. The predicted molar refractivity (Wildman–Crippen MR) is 91.4 cm³/mol. The predicted octanol–water partition coefficient (Wildman–Crippen LogP) is 4.63. The summed E-state index contributed by atoms with van der Waals surface area (Å²) < 4.78 is 33.4. The number of ether oxygens (including phenoxy) is 1. The molecule has 0 aliphatic rings. The molecule has 0 radical (unpaired) electrons. The van der Waals surface area contributed by atoms with E-state index >= 15 is 0 Å². The number of carbonyl (C=O) groups is 1. The van der Waals surface area contributed by atoms with E-state index in [0.717, 1.165) is 29.2 Å². The standard InChI is InChI=1S/C20H17F2NO2/c1-13-10-17(14(2)23(13)15-6-4-3-5-7-15)20(24)12-25-16-8-9-18(21)19(22)11-16/h3-11H,12H2,1-2H3. The smallest absolute Gasteiger partial charge is 0.202 e. The molecule has 2 aromatic carbocycles. The minimum Gasteiger partial charge on any atom is -0.485 e. The average Bonchev–Trinajstić information content (AvgIpc) is 2.91. The fourth-order valence-corrected chi connectivity index (χ4v) is 2.81. The van der Waals surface area contributed by atoms with Gasteiger partial charge in [-0.05, 0) is 44.2 Å². The Labute approximate surface area is 144 Å². The van der Waals surface area contributed by atoms with E-state index in [1.807, 2.05) is 48.7 Å². The average molecular weight is 341 g/mol. The van der Waals surface area contributed by atoms with E-state index in [1.165, 1.54) is 6.07 Å². The van der Waals surface area contributed by atoms with Crippen molar-refractivity contribution in [3.63, 3.8) is 0 Å². The fraction of sp³-hybridized carbons (Fsp3) is 0.150. The molecule has 0 aliphatic carbocycles. The number of aryl methyl sites for hydroxylation is 1. The summed E-state index contributed by atoms with van der Waals surface area (Å²) in [6.45, 7) is 3.54. The number of benzene rings is 2. The number of halogens is 2. The van der Waals surface area contributed by atoms with E-state index < -0.39 is 11.6 Å². The minimum absolute atomic E-state index is 0.115. The highest BCUT2D eigenvalue weighted by molar-refractivity contribution is 5.98. The van der Waals surface area contributed by atoms with Crippen LogP contribution in [0.1, 0.15) is 21.7 Å². The summed E-state index contributed by atoms with van der Waals surface area (Å²) in [5.41, 5.74) is 3.25. The molecule has 0 bridgehead atoms. The minimum atomic E-state index is -1.01. The zero-order valence-electron chi connectivity index (χ0n) is 13.9. The Morgan fingerprint density at radius 1 is 1.00 bits per heavy atom. The van der Waals surface area contributed by atoms with Gasteiger partial charge in [0.25, 0.3) is 0 Å². The highest BCUT2D eigenvalue weighted by Gasteiger charge is 2.17. The number of para-hydroxylation sites is 1. The Morgan fingerprint density at radius 3 is 2.40 bits per heavy atom. The van der Waals surface area contributed by atoms with Crippen molar-refractivity contribution < 1.29 is 18.3 Å². The summed E-state index contributed by atoms with van der Waals surface area (Å²) in [7, 11) is 0. The molecule has 0 saturated heterocycles. The second-order valence-corrected chi connectivity index (χ2v) is 5.74. The first-order valence-corrected chi connectivity index (χ1v) is 7.83. The first-order chi connectivity index (χ1) is 12.0. The zero-order valence-corrected chi connectivity index (χ0v) is 13.9. The second kappa shape index (κ2) is 6.89. The second-order valence-electron chi connectivity index (χ2n) is 5.74. The Morgan fingerprint density at radius 2 is 1.72 bits per heavy atom. The molecule has 25 heavy (non-hydrogen) atoms. The van der Waals surface area contributed by atoms with Crippen molar-refractivity contribution in [3.8, 4) is 11.4 Å². The SMILES string of the molecule is Cc1cc(C(=O)COc2ccc(F)c(F)c2)c(C)n1-c1ccccc1. The molecule has 0 N–H and O–H groups in total. The van der Waals surface area contributed by atoms with Crippen LogP contribution in [0, 0.1) is 25.5 Å². The largest absolute Gasteiger partial charge is 0.485 e. The maximum atomic E-state index is 13.2. The van der Waals surface area contributed by atoms with Gasteiger partial charge in [-0.15, -0.1) is 0 Å². The highest BCUT2D eigenvalue weighted by atomic mass is 19.2. The molecule has 3 nitrogen and oxygen atoms in total. The van der Waals surface area contributed by atoms with Gasteiger partial charge in [-0.3, -0.25) is 4.79 Å². The summed E-state index contributed by atoms with van der Waals surface area (Å²) in [4.78, 5) is 12.5. The van der Waals surface area contributed by atoms with Crippen molar-refractivity contribution >= 4 is 5.78 Å². The maximum absolute atomic E-state index is 13.2. The third kappa shape index (κ3) is 3.45. The summed E-state index contributed by atoms with van der Waals surface area (Å²) in [6, 6.07) is 14.7. The lowest BCUT2D eigenvalue weighted by molar-refractivity contribution is 0.0920.